The van der Waals surface area contributed by atoms with E-state index < -0.39 is 0 Å². The van der Waals surface area contributed by atoms with Gasteiger partial charge in [-0.25, -0.2) is 0 Å². The molecule has 0 radical (unpaired) electrons. The van der Waals surface area contributed by atoms with Crippen molar-refractivity contribution < 1.29 is 4.79 Å². The number of carbonyl (C=O) groups is 1. The van der Waals surface area contributed by atoms with Crippen LogP contribution in [0.4, 0.5) is 0 Å². The van der Waals surface area contributed by atoms with Gasteiger partial charge in [0.15, 0.2) is 0 Å². The van der Waals surface area contributed by atoms with Crippen LogP contribution in [0.5, 0.6) is 0 Å². The molecule has 0 aliphatic heterocycles. The summed E-state index contributed by atoms with van der Waals surface area (Å²) in [4.78, 5) is 13.9. The van der Waals surface area contributed by atoms with Gasteiger partial charge in [0, 0.05) is 47.9 Å². The first-order valence-electron chi connectivity index (χ1n) is 5.92. The molecule has 4 nitrogen and oxygen atoms in total. The predicted octanol–water partition coefficient (Wildman–Crippen LogP) is 1.16. The lowest BCUT2D eigenvalue weighted by Gasteiger charge is -2.26. The number of rotatable bonds is 5. The number of nitrogens with one attached hydrogen (secondary N) is 2. The highest BCUT2D eigenvalue weighted by molar-refractivity contribution is 14.1. The molecule has 16 heavy (non-hydrogen) atoms. The topological polar surface area (TPSA) is 44.4 Å². The van der Waals surface area contributed by atoms with Gasteiger partial charge in [-0.15, -0.1) is 0 Å². The average molecular weight is 339 g/mol. The average Bonchev–Trinajstić information content (AvgIpc) is 2.28. The fraction of sp³-hybridized carbons (Fsp3) is 0.909. The van der Waals surface area contributed by atoms with Gasteiger partial charge in [0.05, 0.1) is 0 Å². The van der Waals surface area contributed by atoms with Gasteiger partial charge in [0.2, 0.25) is 5.91 Å². The Balaban J connectivity index is 2.18. The zero-order valence-electron chi connectivity index (χ0n) is 10.1. The van der Waals surface area contributed by atoms with E-state index in [1.807, 2.05) is 14.1 Å². The smallest absolute Gasteiger partial charge is 0.223 e. The first-order valence-corrected chi connectivity index (χ1v) is 7.00. The molecule has 0 aromatic carbocycles. The molecule has 0 aromatic rings. The van der Waals surface area contributed by atoms with E-state index >= 15 is 0 Å². The van der Waals surface area contributed by atoms with Gasteiger partial charge in [0.1, 0.15) is 0 Å². The van der Waals surface area contributed by atoms with Crippen LogP contribution in [0.25, 0.3) is 0 Å². The first-order chi connectivity index (χ1) is 7.63. The molecule has 0 heterocycles. The Bertz CT molecular complexity index is 215. The Morgan fingerprint density at radius 3 is 2.44 bits per heavy atom. The van der Waals surface area contributed by atoms with Crippen LogP contribution in [0.2, 0.25) is 0 Å². The Hall–Kier alpha value is 0.120. The molecular formula is C11H22IN3O. The molecule has 5 heteroatoms. The van der Waals surface area contributed by atoms with Crippen LogP contribution in [0.15, 0.2) is 0 Å². The van der Waals surface area contributed by atoms with Crippen molar-refractivity contribution in [2.75, 3.05) is 27.2 Å². The van der Waals surface area contributed by atoms with E-state index in [1.54, 1.807) is 0 Å². The quantitative estimate of drug-likeness (QED) is 0.584. The lowest BCUT2D eigenvalue weighted by Crippen LogP contribution is -2.38. The summed E-state index contributed by atoms with van der Waals surface area (Å²) in [7, 11) is 4.03. The van der Waals surface area contributed by atoms with Crippen molar-refractivity contribution in [2.45, 2.75) is 31.7 Å². The third-order valence-electron chi connectivity index (χ3n) is 3.11. The minimum Gasteiger partial charge on any atom is -0.355 e. The number of likely N-dealkylation sites (N-methyl/N-ethyl adjacent to an activating group) is 1. The van der Waals surface area contributed by atoms with Gasteiger partial charge in [-0.2, -0.15) is 0 Å². The maximum atomic E-state index is 11.8. The van der Waals surface area contributed by atoms with Crippen molar-refractivity contribution >= 4 is 28.8 Å². The Morgan fingerprint density at radius 2 is 1.94 bits per heavy atom. The monoisotopic (exact) mass is 339 g/mol. The third-order valence-corrected chi connectivity index (χ3v) is 3.99. The SMILES string of the molecule is CN(C)CCNC(=O)C1CCC(NI)CC1. The van der Waals surface area contributed by atoms with E-state index in [9.17, 15) is 4.79 Å². The molecule has 1 fully saturated rings. The summed E-state index contributed by atoms with van der Waals surface area (Å²) in [6.07, 6.45) is 4.28. The molecule has 1 saturated carbocycles. The van der Waals surface area contributed by atoms with Crippen LogP contribution in [0.3, 0.4) is 0 Å². The van der Waals surface area contributed by atoms with Crippen LogP contribution in [-0.2, 0) is 4.79 Å². The molecular weight excluding hydrogens is 317 g/mol. The van der Waals surface area contributed by atoms with Crippen LogP contribution in [-0.4, -0.2) is 44.0 Å². The Morgan fingerprint density at radius 1 is 1.31 bits per heavy atom. The summed E-state index contributed by atoms with van der Waals surface area (Å²) in [5.74, 6) is 0.483. The summed E-state index contributed by atoms with van der Waals surface area (Å²) in [5, 5.41) is 3.01. The van der Waals surface area contributed by atoms with Crippen molar-refractivity contribution in [3.63, 3.8) is 0 Å². The highest BCUT2D eigenvalue weighted by Gasteiger charge is 2.25. The van der Waals surface area contributed by atoms with E-state index in [0.29, 0.717) is 6.04 Å². The molecule has 94 valence electrons. The number of hydrogen-bond acceptors (Lipinski definition) is 3. The summed E-state index contributed by atoms with van der Waals surface area (Å²) in [6, 6.07) is 0.603. The third kappa shape index (κ3) is 4.97. The fourth-order valence-electron chi connectivity index (χ4n) is 2.01. The van der Waals surface area contributed by atoms with Crippen molar-refractivity contribution in [1.29, 1.82) is 0 Å². The highest BCUT2D eigenvalue weighted by Crippen LogP contribution is 2.24. The van der Waals surface area contributed by atoms with Gasteiger partial charge in [0.25, 0.3) is 0 Å². The number of amides is 1. The zero-order chi connectivity index (χ0) is 12.0. The summed E-state index contributed by atoms with van der Waals surface area (Å²) < 4.78 is 3.25. The van der Waals surface area contributed by atoms with Gasteiger partial charge in [-0.3, -0.25) is 8.32 Å². The van der Waals surface area contributed by atoms with Crippen LogP contribution in [0.1, 0.15) is 25.7 Å². The zero-order valence-corrected chi connectivity index (χ0v) is 12.3. The van der Waals surface area contributed by atoms with Crippen LogP contribution in [0, 0.1) is 5.92 Å². The maximum Gasteiger partial charge on any atom is 0.223 e. The lowest BCUT2D eigenvalue weighted by atomic mass is 9.86. The van der Waals surface area contributed by atoms with Crippen molar-refractivity contribution in [3.8, 4) is 0 Å². The number of carbonyl (C=O) groups excluding carboxylic acids is 1. The molecule has 1 aliphatic rings. The summed E-state index contributed by atoms with van der Waals surface area (Å²) in [5.41, 5.74) is 0. The second-order valence-electron chi connectivity index (χ2n) is 4.75. The number of hydrogen-bond donors (Lipinski definition) is 2. The molecule has 1 amide bonds. The van der Waals surface area contributed by atoms with Crippen molar-refractivity contribution in [2.24, 2.45) is 5.92 Å². The van der Waals surface area contributed by atoms with E-state index in [1.165, 1.54) is 0 Å². The van der Waals surface area contributed by atoms with Crippen LogP contribution >= 0.6 is 22.9 Å². The molecule has 2 N–H and O–H groups in total. The predicted molar refractivity (Wildman–Crippen MR) is 74.5 cm³/mol. The number of nitrogens with zero attached hydrogens (tertiary/aromatic N) is 1. The van der Waals surface area contributed by atoms with Crippen molar-refractivity contribution in [1.82, 2.24) is 13.7 Å². The number of halogens is 1. The van der Waals surface area contributed by atoms with Gasteiger partial charge in [-0.1, -0.05) is 0 Å². The molecule has 0 unspecified atom stereocenters. The molecule has 0 atom stereocenters. The second-order valence-corrected chi connectivity index (χ2v) is 5.37. The van der Waals surface area contributed by atoms with E-state index in [2.05, 4.69) is 36.6 Å². The molecule has 0 saturated heterocycles. The van der Waals surface area contributed by atoms with E-state index in [-0.39, 0.29) is 11.8 Å². The van der Waals surface area contributed by atoms with Gasteiger partial charge >= 0.3 is 0 Å². The fourth-order valence-corrected chi connectivity index (χ4v) is 2.63. The van der Waals surface area contributed by atoms with Gasteiger partial charge < -0.3 is 10.2 Å². The molecule has 0 spiro atoms. The maximum absolute atomic E-state index is 11.8. The van der Waals surface area contributed by atoms with Crippen molar-refractivity contribution in [3.05, 3.63) is 0 Å². The standard InChI is InChI=1S/C11H22IN3O/c1-15(2)8-7-13-11(16)9-3-5-10(14-12)6-4-9/h9-10,14H,3-8H2,1-2H3,(H,13,16). The van der Waals surface area contributed by atoms with E-state index in [4.69, 9.17) is 0 Å². The highest BCUT2D eigenvalue weighted by atomic mass is 127. The van der Waals surface area contributed by atoms with Gasteiger partial charge in [-0.05, 0) is 39.8 Å². The first kappa shape index (κ1) is 14.2. The molecule has 0 bridgehead atoms. The Kier molecular flexibility index (Phi) is 6.60. The minimum atomic E-state index is 0.239. The summed E-state index contributed by atoms with van der Waals surface area (Å²) >= 11 is 2.20. The molecule has 0 aromatic heterocycles. The van der Waals surface area contributed by atoms with Crippen LogP contribution < -0.4 is 8.85 Å². The lowest BCUT2D eigenvalue weighted by molar-refractivity contribution is -0.126. The second kappa shape index (κ2) is 7.45. The normalized spacial score (nSPS) is 25.8. The molecule has 1 rings (SSSR count). The summed E-state index contributed by atoms with van der Waals surface area (Å²) in [6.45, 7) is 1.67. The molecule has 1 aliphatic carbocycles. The largest absolute Gasteiger partial charge is 0.355 e. The van der Waals surface area contributed by atoms with E-state index in [0.717, 1.165) is 38.8 Å². The minimum absolute atomic E-state index is 0.239. The Labute approximate surface area is 112 Å².